The van der Waals surface area contributed by atoms with Crippen molar-refractivity contribution >= 4 is 22.4 Å². The third-order valence-electron chi connectivity index (χ3n) is 3.40. The fourth-order valence-electron chi connectivity index (χ4n) is 2.30. The van der Waals surface area contributed by atoms with Crippen LogP contribution in [0, 0.1) is 6.92 Å². The maximum absolute atomic E-state index is 5.97. The van der Waals surface area contributed by atoms with Gasteiger partial charge in [-0.2, -0.15) is 0 Å². The second kappa shape index (κ2) is 5.72. The van der Waals surface area contributed by atoms with Gasteiger partial charge in [-0.1, -0.05) is 29.8 Å². The topological polar surface area (TPSA) is 48.1 Å². The lowest BCUT2D eigenvalue weighted by atomic mass is 10.1. The van der Waals surface area contributed by atoms with Crippen LogP contribution in [0.3, 0.4) is 0 Å². The van der Waals surface area contributed by atoms with Gasteiger partial charge in [-0.25, -0.2) is 4.98 Å². The molecule has 0 bridgehead atoms. The van der Waals surface area contributed by atoms with Crippen LogP contribution in [0.2, 0.25) is 5.02 Å². The second-order valence-electron chi connectivity index (χ2n) is 4.85. The number of nitrogens with zero attached hydrogens (tertiary/aromatic N) is 1. The van der Waals surface area contributed by atoms with E-state index in [2.05, 4.69) is 4.98 Å². The standard InChI is InChI=1S/C17H15ClN2O/c1-11-8-13(18)6-7-16(11)21-17-15-5-3-2-4-14(15)12(9-19)10-20-17/h2-8,10H,9,19H2,1H3. The van der Waals surface area contributed by atoms with Gasteiger partial charge in [-0.15, -0.1) is 0 Å². The summed E-state index contributed by atoms with van der Waals surface area (Å²) < 4.78 is 5.97. The zero-order valence-corrected chi connectivity index (χ0v) is 12.4. The molecule has 1 heterocycles. The lowest BCUT2D eigenvalue weighted by Crippen LogP contribution is -2.00. The zero-order chi connectivity index (χ0) is 14.8. The molecule has 3 nitrogen and oxygen atoms in total. The molecule has 0 fully saturated rings. The molecule has 3 rings (SSSR count). The summed E-state index contributed by atoms with van der Waals surface area (Å²) in [5.41, 5.74) is 7.74. The Morgan fingerprint density at radius 3 is 2.62 bits per heavy atom. The monoisotopic (exact) mass is 298 g/mol. The van der Waals surface area contributed by atoms with Gasteiger partial charge >= 0.3 is 0 Å². The number of ether oxygens (including phenoxy) is 1. The summed E-state index contributed by atoms with van der Waals surface area (Å²) in [5.74, 6) is 1.32. The highest BCUT2D eigenvalue weighted by Crippen LogP contribution is 2.32. The number of rotatable bonds is 3. The summed E-state index contributed by atoms with van der Waals surface area (Å²) in [7, 11) is 0. The second-order valence-corrected chi connectivity index (χ2v) is 5.29. The van der Waals surface area contributed by atoms with Gasteiger partial charge in [-0.3, -0.25) is 0 Å². The Balaban J connectivity index is 2.09. The van der Waals surface area contributed by atoms with E-state index in [0.29, 0.717) is 17.4 Å². The summed E-state index contributed by atoms with van der Waals surface area (Å²) in [6, 6.07) is 13.5. The Labute approximate surface area is 128 Å². The zero-order valence-electron chi connectivity index (χ0n) is 11.6. The van der Waals surface area contributed by atoms with E-state index in [1.54, 1.807) is 12.3 Å². The molecule has 0 aliphatic carbocycles. The molecular weight excluding hydrogens is 284 g/mol. The van der Waals surface area contributed by atoms with Gasteiger partial charge in [-0.05, 0) is 47.7 Å². The maximum atomic E-state index is 5.97. The van der Waals surface area contributed by atoms with Crippen molar-refractivity contribution in [3.8, 4) is 11.6 Å². The van der Waals surface area contributed by atoms with Gasteiger partial charge in [0.25, 0.3) is 0 Å². The number of hydrogen-bond donors (Lipinski definition) is 1. The van der Waals surface area contributed by atoms with E-state index < -0.39 is 0 Å². The molecule has 0 aliphatic rings. The van der Waals surface area contributed by atoms with Crippen molar-refractivity contribution < 1.29 is 4.74 Å². The lowest BCUT2D eigenvalue weighted by molar-refractivity contribution is 0.465. The minimum absolute atomic E-state index is 0.452. The van der Waals surface area contributed by atoms with Crippen molar-refractivity contribution in [2.75, 3.05) is 0 Å². The van der Waals surface area contributed by atoms with Crippen LogP contribution in [0.1, 0.15) is 11.1 Å². The molecule has 0 amide bonds. The van der Waals surface area contributed by atoms with E-state index in [1.807, 2.05) is 43.3 Å². The first-order valence-electron chi connectivity index (χ1n) is 6.69. The maximum Gasteiger partial charge on any atom is 0.227 e. The number of hydrogen-bond acceptors (Lipinski definition) is 3. The molecule has 0 aliphatic heterocycles. The Bertz CT molecular complexity index is 802. The Hall–Kier alpha value is -2.10. The van der Waals surface area contributed by atoms with Crippen molar-refractivity contribution in [3.05, 3.63) is 64.8 Å². The van der Waals surface area contributed by atoms with Crippen LogP contribution >= 0.6 is 11.6 Å². The predicted octanol–water partition coefficient (Wildman–Crippen LogP) is 4.45. The molecule has 21 heavy (non-hydrogen) atoms. The van der Waals surface area contributed by atoms with Crippen LogP contribution < -0.4 is 10.5 Å². The number of halogens is 1. The average Bonchev–Trinajstić information content (AvgIpc) is 2.50. The predicted molar refractivity (Wildman–Crippen MR) is 85.9 cm³/mol. The SMILES string of the molecule is Cc1cc(Cl)ccc1Oc1ncc(CN)c2ccccc12. The first-order valence-corrected chi connectivity index (χ1v) is 7.07. The van der Waals surface area contributed by atoms with Crippen LogP contribution in [0.15, 0.2) is 48.7 Å². The highest BCUT2D eigenvalue weighted by Gasteiger charge is 2.09. The van der Waals surface area contributed by atoms with Gasteiger partial charge in [0.05, 0.1) is 0 Å². The third-order valence-corrected chi connectivity index (χ3v) is 3.64. The van der Waals surface area contributed by atoms with E-state index in [1.165, 1.54) is 0 Å². The molecular formula is C17H15ClN2O. The highest BCUT2D eigenvalue weighted by molar-refractivity contribution is 6.30. The van der Waals surface area contributed by atoms with E-state index >= 15 is 0 Å². The molecule has 4 heteroatoms. The molecule has 0 atom stereocenters. The van der Waals surface area contributed by atoms with E-state index in [0.717, 1.165) is 27.6 Å². The fourth-order valence-corrected chi connectivity index (χ4v) is 2.53. The molecule has 106 valence electrons. The number of benzene rings is 2. The summed E-state index contributed by atoms with van der Waals surface area (Å²) in [6.07, 6.45) is 1.77. The molecule has 0 saturated carbocycles. The third kappa shape index (κ3) is 2.71. The van der Waals surface area contributed by atoms with Crippen LogP contribution in [0.5, 0.6) is 11.6 Å². The first kappa shape index (κ1) is 13.9. The van der Waals surface area contributed by atoms with Crippen LogP contribution in [-0.4, -0.2) is 4.98 Å². The Morgan fingerprint density at radius 1 is 1.14 bits per heavy atom. The van der Waals surface area contributed by atoms with Gasteiger partial charge in [0.1, 0.15) is 5.75 Å². The molecule has 0 unspecified atom stereocenters. The van der Waals surface area contributed by atoms with Crippen molar-refractivity contribution in [1.29, 1.82) is 0 Å². The largest absolute Gasteiger partial charge is 0.438 e. The minimum Gasteiger partial charge on any atom is -0.438 e. The molecule has 1 aromatic heterocycles. The average molecular weight is 299 g/mol. The summed E-state index contributed by atoms with van der Waals surface area (Å²) >= 11 is 5.97. The van der Waals surface area contributed by atoms with Gasteiger partial charge < -0.3 is 10.5 Å². The van der Waals surface area contributed by atoms with E-state index in [9.17, 15) is 0 Å². The fraction of sp³-hybridized carbons (Fsp3) is 0.118. The van der Waals surface area contributed by atoms with Crippen molar-refractivity contribution in [1.82, 2.24) is 4.98 Å². The van der Waals surface area contributed by atoms with Crippen LogP contribution in [0.4, 0.5) is 0 Å². The van der Waals surface area contributed by atoms with Gasteiger partial charge in [0, 0.05) is 23.2 Å². The summed E-state index contributed by atoms with van der Waals surface area (Å²) in [4.78, 5) is 4.40. The number of fused-ring (bicyclic) bond motifs is 1. The van der Waals surface area contributed by atoms with E-state index in [4.69, 9.17) is 22.1 Å². The highest BCUT2D eigenvalue weighted by atomic mass is 35.5. The molecule has 0 radical (unpaired) electrons. The molecule has 2 aromatic carbocycles. The normalized spacial score (nSPS) is 10.8. The quantitative estimate of drug-likeness (QED) is 0.777. The Kier molecular flexibility index (Phi) is 3.78. The molecule has 0 spiro atoms. The number of aryl methyl sites for hydroxylation is 1. The Morgan fingerprint density at radius 2 is 1.90 bits per heavy atom. The smallest absolute Gasteiger partial charge is 0.227 e. The van der Waals surface area contributed by atoms with E-state index in [-0.39, 0.29) is 0 Å². The number of nitrogens with two attached hydrogens (primary N) is 1. The molecule has 3 aromatic rings. The van der Waals surface area contributed by atoms with Crippen LogP contribution in [0.25, 0.3) is 10.8 Å². The van der Waals surface area contributed by atoms with Crippen molar-refractivity contribution in [2.24, 2.45) is 5.73 Å². The molecule has 2 N–H and O–H groups in total. The lowest BCUT2D eigenvalue weighted by Gasteiger charge is -2.12. The van der Waals surface area contributed by atoms with Crippen LogP contribution in [-0.2, 0) is 6.54 Å². The first-order chi connectivity index (χ1) is 10.2. The summed E-state index contributed by atoms with van der Waals surface area (Å²) in [5, 5.41) is 2.71. The minimum atomic E-state index is 0.452. The number of aromatic nitrogens is 1. The van der Waals surface area contributed by atoms with Gasteiger partial charge in [0.15, 0.2) is 0 Å². The van der Waals surface area contributed by atoms with Crippen molar-refractivity contribution in [3.63, 3.8) is 0 Å². The van der Waals surface area contributed by atoms with Crippen molar-refractivity contribution in [2.45, 2.75) is 13.5 Å². The van der Waals surface area contributed by atoms with Gasteiger partial charge in [0.2, 0.25) is 5.88 Å². The molecule has 0 saturated heterocycles. The number of pyridine rings is 1. The summed E-state index contributed by atoms with van der Waals surface area (Å²) in [6.45, 7) is 2.41.